The summed E-state index contributed by atoms with van der Waals surface area (Å²) in [6, 6.07) is 7.29. The number of carbonyl (C=O) groups is 2. The Morgan fingerprint density at radius 1 is 1.18 bits per heavy atom. The number of carbonyl (C=O) groups excluding carboxylic acids is 2. The van der Waals surface area contributed by atoms with Crippen LogP contribution in [-0.2, 0) is 9.47 Å². The molecule has 1 aromatic rings. The van der Waals surface area contributed by atoms with Crippen LogP contribution >= 0.6 is 11.8 Å². The molecule has 1 aliphatic rings. The first-order valence-electron chi connectivity index (χ1n) is 7.11. The van der Waals surface area contributed by atoms with Gasteiger partial charge in [-0.3, -0.25) is 0 Å². The molecule has 1 heterocycles. The van der Waals surface area contributed by atoms with Crippen molar-refractivity contribution in [3.05, 3.63) is 29.8 Å². The highest BCUT2D eigenvalue weighted by Crippen LogP contribution is 2.30. The van der Waals surface area contributed by atoms with Crippen LogP contribution < -0.4 is 0 Å². The zero-order valence-electron chi connectivity index (χ0n) is 13.3. The maximum Gasteiger partial charge on any atom is 0.410 e. The molecule has 2 rings (SSSR count). The summed E-state index contributed by atoms with van der Waals surface area (Å²) in [6.45, 7) is 6.94. The zero-order chi connectivity index (χ0) is 16.3. The third kappa shape index (κ3) is 4.40. The summed E-state index contributed by atoms with van der Waals surface area (Å²) in [4.78, 5) is 26.0. The molecule has 5 nitrogen and oxygen atoms in total. The molecule has 120 valence electrons. The number of likely N-dealkylation sites (tertiary alicyclic amines) is 1. The number of amides is 1. The van der Waals surface area contributed by atoms with E-state index in [0.29, 0.717) is 23.9 Å². The summed E-state index contributed by atoms with van der Waals surface area (Å²) in [6.07, 6.45) is -0.259. The second kappa shape index (κ2) is 6.60. The van der Waals surface area contributed by atoms with Gasteiger partial charge in [0, 0.05) is 23.2 Å². The fraction of sp³-hybridized carbons (Fsp3) is 0.500. The lowest BCUT2D eigenvalue weighted by Crippen LogP contribution is -2.53. The average molecular weight is 323 g/mol. The van der Waals surface area contributed by atoms with Crippen LogP contribution in [0.25, 0.3) is 0 Å². The minimum absolute atomic E-state index is 0.259. The molecule has 0 aliphatic carbocycles. The van der Waals surface area contributed by atoms with Gasteiger partial charge < -0.3 is 14.4 Å². The number of nitrogens with zero attached hydrogens (tertiary/aromatic N) is 1. The Bertz CT molecular complexity index is 544. The van der Waals surface area contributed by atoms with Gasteiger partial charge in [-0.25, -0.2) is 9.59 Å². The quantitative estimate of drug-likeness (QED) is 0.800. The van der Waals surface area contributed by atoms with E-state index in [9.17, 15) is 9.59 Å². The SMILES string of the molecule is COC(=O)c1ccc(SC2CN(C(=O)OC(C)(C)C)C2)cc1. The van der Waals surface area contributed by atoms with E-state index in [0.717, 1.165) is 4.90 Å². The molecule has 0 radical (unpaired) electrons. The average Bonchev–Trinajstić information content (AvgIpc) is 2.40. The van der Waals surface area contributed by atoms with E-state index in [-0.39, 0.29) is 12.1 Å². The minimum atomic E-state index is -0.459. The number of benzene rings is 1. The second-order valence-electron chi connectivity index (χ2n) is 6.14. The summed E-state index contributed by atoms with van der Waals surface area (Å²) >= 11 is 1.70. The maximum atomic E-state index is 11.8. The molecule has 1 saturated heterocycles. The van der Waals surface area contributed by atoms with Crippen LogP contribution in [-0.4, -0.2) is 48.0 Å². The maximum absolute atomic E-state index is 11.8. The van der Waals surface area contributed by atoms with Crippen molar-refractivity contribution in [3.8, 4) is 0 Å². The van der Waals surface area contributed by atoms with Gasteiger partial charge in [0.05, 0.1) is 12.7 Å². The van der Waals surface area contributed by atoms with E-state index in [1.807, 2.05) is 32.9 Å². The van der Waals surface area contributed by atoms with Crippen molar-refractivity contribution < 1.29 is 19.1 Å². The topological polar surface area (TPSA) is 55.8 Å². The number of methoxy groups -OCH3 is 1. The number of hydrogen-bond acceptors (Lipinski definition) is 5. The highest BCUT2D eigenvalue weighted by Gasteiger charge is 2.34. The van der Waals surface area contributed by atoms with Crippen LogP contribution in [0.5, 0.6) is 0 Å². The van der Waals surface area contributed by atoms with Crippen LogP contribution in [0, 0.1) is 0 Å². The lowest BCUT2D eigenvalue weighted by Gasteiger charge is -2.39. The first-order valence-corrected chi connectivity index (χ1v) is 7.99. The molecule has 1 aromatic carbocycles. The van der Waals surface area contributed by atoms with Crippen LogP contribution in [0.3, 0.4) is 0 Å². The first-order chi connectivity index (χ1) is 10.3. The number of esters is 1. The molecule has 0 unspecified atom stereocenters. The standard InChI is InChI=1S/C16H21NO4S/c1-16(2,3)21-15(19)17-9-13(10-17)22-12-7-5-11(6-8-12)14(18)20-4/h5-8,13H,9-10H2,1-4H3. The third-order valence-electron chi connectivity index (χ3n) is 3.08. The van der Waals surface area contributed by atoms with Crippen molar-refractivity contribution >= 4 is 23.8 Å². The third-order valence-corrected chi connectivity index (χ3v) is 4.25. The van der Waals surface area contributed by atoms with E-state index >= 15 is 0 Å². The van der Waals surface area contributed by atoms with Gasteiger partial charge in [-0.2, -0.15) is 0 Å². The summed E-state index contributed by atoms with van der Waals surface area (Å²) in [7, 11) is 1.37. The Kier molecular flexibility index (Phi) is 5.01. The fourth-order valence-electron chi connectivity index (χ4n) is 1.97. The molecule has 0 atom stereocenters. The molecule has 0 bridgehead atoms. The van der Waals surface area contributed by atoms with Gasteiger partial charge in [-0.05, 0) is 45.0 Å². The van der Waals surface area contributed by atoms with Gasteiger partial charge in [0.1, 0.15) is 5.60 Å². The van der Waals surface area contributed by atoms with Gasteiger partial charge in [0.2, 0.25) is 0 Å². The van der Waals surface area contributed by atoms with Gasteiger partial charge in [-0.1, -0.05) is 0 Å². The monoisotopic (exact) mass is 323 g/mol. The first kappa shape index (κ1) is 16.7. The fourth-order valence-corrected chi connectivity index (χ4v) is 3.16. The van der Waals surface area contributed by atoms with Crippen molar-refractivity contribution in [3.63, 3.8) is 0 Å². The number of ether oxygens (including phenoxy) is 2. The molecule has 22 heavy (non-hydrogen) atoms. The summed E-state index contributed by atoms with van der Waals surface area (Å²) in [5.41, 5.74) is 0.0785. The number of rotatable bonds is 3. The van der Waals surface area contributed by atoms with Crippen LogP contribution in [0.1, 0.15) is 31.1 Å². The van der Waals surface area contributed by atoms with Gasteiger partial charge in [0.25, 0.3) is 0 Å². The largest absolute Gasteiger partial charge is 0.465 e. The van der Waals surface area contributed by atoms with Gasteiger partial charge in [-0.15, -0.1) is 11.8 Å². The van der Waals surface area contributed by atoms with Crippen LogP contribution in [0.2, 0.25) is 0 Å². The Hall–Kier alpha value is -1.69. The Labute approximate surface area is 135 Å². The highest BCUT2D eigenvalue weighted by atomic mass is 32.2. The number of thioether (sulfide) groups is 1. The van der Waals surface area contributed by atoms with Crippen molar-refractivity contribution in [1.82, 2.24) is 4.90 Å². The molecule has 0 saturated carbocycles. The molecule has 6 heteroatoms. The van der Waals surface area contributed by atoms with Crippen molar-refractivity contribution in [1.29, 1.82) is 0 Å². The predicted octanol–water partition coefficient (Wildman–Crippen LogP) is 3.18. The number of hydrogen-bond donors (Lipinski definition) is 0. The van der Waals surface area contributed by atoms with Gasteiger partial charge in [0.15, 0.2) is 0 Å². The normalized spacial score (nSPS) is 15.2. The van der Waals surface area contributed by atoms with E-state index in [1.54, 1.807) is 28.8 Å². The van der Waals surface area contributed by atoms with E-state index in [4.69, 9.17) is 4.74 Å². The van der Waals surface area contributed by atoms with E-state index in [1.165, 1.54) is 7.11 Å². The lowest BCUT2D eigenvalue weighted by molar-refractivity contribution is 0.0143. The van der Waals surface area contributed by atoms with E-state index in [2.05, 4.69) is 4.74 Å². The Morgan fingerprint density at radius 2 is 1.77 bits per heavy atom. The summed E-state index contributed by atoms with van der Waals surface area (Å²) in [5.74, 6) is -0.337. The summed E-state index contributed by atoms with van der Waals surface area (Å²) < 4.78 is 9.99. The summed E-state index contributed by atoms with van der Waals surface area (Å²) in [5, 5.41) is 0.358. The molecule has 1 fully saturated rings. The van der Waals surface area contributed by atoms with Gasteiger partial charge >= 0.3 is 12.1 Å². The van der Waals surface area contributed by atoms with Crippen LogP contribution in [0.4, 0.5) is 4.79 Å². The minimum Gasteiger partial charge on any atom is -0.465 e. The van der Waals surface area contributed by atoms with E-state index < -0.39 is 5.60 Å². The Morgan fingerprint density at radius 3 is 2.27 bits per heavy atom. The van der Waals surface area contributed by atoms with Crippen molar-refractivity contribution in [2.24, 2.45) is 0 Å². The lowest BCUT2D eigenvalue weighted by atomic mass is 10.2. The highest BCUT2D eigenvalue weighted by molar-refractivity contribution is 8.00. The molecule has 0 N–H and O–H groups in total. The van der Waals surface area contributed by atoms with Crippen molar-refractivity contribution in [2.75, 3.05) is 20.2 Å². The molecule has 1 amide bonds. The molecule has 0 spiro atoms. The molecular weight excluding hydrogens is 302 g/mol. The smallest absolute Gasteiger partial charge is 0.410 e. The second-order valence-corrected chi connectivity index (χ2v) is 7.51. The Balaban J connectivity index is 1.80. The molecule has 1 aliphatic heterocycles. The molecular formula is C16H21NO4S. The van der Waals surface area contributed by atoms with Crippen LogP contribution in [0.15, 0.2) is 29.2 Å². The molecule has 0 aromatic heterocycles. The predicted molar refractivity (Wildman–Crippen MR) is 85.2 cm³/mol. The zero-order valence-corrected chi connectivity index (χ0v) is 14.1. The van der Waals surface area contributed by atoms with Crippen molar-refractivity contribution in [2.45, 2.75) is 36.5 Å².